The summed E-state index contributed by atoms with van der Waals surface area (Å²) in [5.41, 5.74) is 1.45. The van der Waals surface area contributed by atoms with Gasteiger partial charge in [0.1, 0.15) is 5.56 Å². The van der Waals surface area contributed by atoms with Gasteiger partial charge in [-0.3, -0.25) is 4.79 Å². The van der Waals surface area contributed by atoms with Crippen LogP contribution in [0.3, 0.4) is 0 Å². The van der Waals surface area contributed by atoms with Crippen molar-refractivity contribution in [3.05, 3.63) is 70.0 Å². The molecule has 1 aromatic heterocycles. The monoisotopic (exact) mass is 441 g/mol. The van der Waals surface area contributed by atoms with E-state index in [1.807, 2.05) is 38.1 Å². The SMILES string of the molecule is Cc1ccc(N2CCN(S(=O)(=O)c3ccc4[nH]cc(C(=O)O)c(=O)c4c3)C[C@@H]2C)cc1. The van der Waals surface area contributed by atoms with Crippen LogP contribution in [0.5, 0.6) is 0 Å². The summed E-state index contributed by atoms with van der Waals surface area (Å²) in [6.07, 6.45) is 1.12. The van der Waals surface area contributed by atoms with Gasteiger partial charge < -0.3 is 15.0 Å². The number of aryl methyl sites for hydroxylation is 1. The molecule has 0 saturated carbocycles. The second-order valence-corrected chi connectivity index (χ2v) is 9.72. The number of carboxylic acids is 1. The van der Waals surface area contributed by atoms with E-state index in [9.17, 15) is 23.1 Å². The molecule has 1 aliphatic rings. The number of fused-ring (bicyclic) bond motifs is 1. The number of aromatic amines is 1. The Morgan fingerprint density at radius 3 is 2.48 bits per heavy atom. The molecule has 2 aromatic carbocycles. The van der Waals surface area contributed by atoms with Crippen molar-refractivity contribution >= 4 is 32.6 Å². The number of anilines is 1. The summed E-state index contributed by atoms with van der Waals surface area (Å²) in [6.45, 7) is 5.15. The van der Waals surface area contributed by atoms with Crippen molar-refractivity contribution in [2.75, 3.05) is 24.5 Å². The van der Waals surface area contributed by atoms with Gasteiger partial charge in [0.2, 0.25) is 15.5 Å². The third kappa shape index (κ3) is 3.82. The second kappa shape index (κ2) is 7.82. The van der Waals surface area contributed by atoms with Gasteiger partial charge in [-0.1, -0.05) is 17.7 Å². The molecule has 2 heterocycles. The van der Waals surface area contributed by atoms with E-state index in [1.54, 1.807) is 0 Å². The first-order valence-corrected chi connectivity index (χ1v) is 11.3. The van der Waals surface area contributed by atoms with Gasteiger partial charge in [-0.25, -0.2) is 13.2 Å². The van der Waals surface area contributed by atoms with E-state index in [0.717, 1.165) is 17.4 Å². The van der Waals surface area contributed by atoms with Gasteiger partial charge in [0.05, 0.1) is 4.90 Å². The molecule has 4 rings (SSSR count). The first-order valence-electron chi connectivity index (χ1n) is 9.90. The van der Waals surface area contributed by atoms with Crippen LogP contribution in [-0.4, -0.2) is 54.5 Å². The van der Waals surface area contributed by atoms with Crippen LogP contribution in [0.15, 0.2) is 58.4 Å². The molecule has 1 aliphatic heterocycles. The maximum Gasteiger partial charge on any atom is 0.341 e. The molecule has 3 aromatic rings. The molecule has 1 fully saturated rings. The summed E-state index contributed by atoms with van der Waals surface area (Å²) >= 11 is 0. The number of pyridine rings is 1. The summed E-state index contributed by atoms with van der Waals surface area (Å²) in [5.74, 6) is -1.36. The fraction of sp³-hybridized carbons (Fsp3) is 0.273. The Morgan fingerprint density at radius 1 is 1.13 bits per heavy atom. The first-order chi connectivity index (χ1) is 14.7. The molecule has 162 valence electrons. The Hall–Kier alpha value is -3.17. The molecule has 9 heteroatoms. The van der Waals surface area contributed by atoms with Crippen LogP contribution in [0.1, 0.15) is 22.8 Å². The van der Waals surface area contributed by atoms with Crippen LogP contribution in [-0.2, 0) is 10.0 Å². The quantitative estimate of drug-likeness (QED) is 0.643. The third-order valence-electron chi connectivity index (χ3n) is 5.68. The fourth-order valence-corrected chi connectivity index (χ4v) is 5.47. The average Bonchev–Trinajstić information content (AvgIpc) is 2.74. The Labute approximate surface area is 179 Å². The molecule has 0 bridgehead atoms. The summed E-state index contributed by atoms with van der Waals surface area (Å²) in [6, 6.07) is 12.3. The van der Waals surface area contributed by atoms with Crippen LogP contribution in [0.2, 0.25) is 0 Å². The van der Waals surface area contributed by atoms with Crippen molar-refractivity contribution < 1.29 is 18.3 Å². The van der Waals surface area contributed by atoms with Crippen LogP contribution in [0.25, 0.3) is 10.9 Å². The lowest BCUT2D eigenvalue weighted by Crippen LogP contribution is -2.53. The maximum atomic E-state index is 13.3. The van der Waals surface area contributed by atoms with Gasteiger partial charge >= 0.3 is 5.97 Å². The molecule has 1 atom stereocenters. The van der Waals surface area contributed by atoms with Crippen molar-refractivity contribution in [3.8, 4) is 0 Å². The normalized spacial score (nSPS) is 17.7. The Kier molecular flexibility index (Phi) is 5.32. The molecule has 1 saturated heterocycles. The topological polar surface area (TPSA) is 111 Å². The number of aromatic nitrogens is 1. The largest absolute Gasteiger partial charge is 0.477 e. The minimum absolute atomic E-state index is 0.0241. The van der Waals surface area contributed by atoms with Crippen molar-refractivity contribution in [2.45, 2.75) is 24.8 Å². The van der Waals surface area contributed by atoms with E-state index >= 15 is 0 Å². The zero-order valence-electron chi connectivity index (χ0n) is 17.2. The number of hydrogen-bond donors (Lipinski definition) is 2. The van der Waals surface area contributed by atoms with Crippen LogP contribution < -0.4 is 10.3 Å². The number of nitrogens with one attached hydrogen (secondary N) is 1. The number of sulfonamides is 1. The van der Waals surface area contributed by atoms with Crippen molar-refractivity contribution in [3.63, 3.8) is 0 Å². The van der Waals surface area contributed by atoms with E-state index in [-0.39, 0.29) is 16.3 Å². The summed E-state index contributed by atoms with van der Waals surface area (Å²) in [4.78, 5) is 28.6. The highest BCUT2D eigenvalue weighted by molar-refractivity contribution is 7.89. The Balaban J connectivity index is 1.63. The summed E-state index contributed by atoms with van der Waals surface area (Å²) in [5, 5.41) is 9.20. The van der Waals surface area contributed by atoms with Crippen molar-refractivity contribution in [1.29, 1.82) is 0 Å². The van der Waals surface area contributed by atoms with Crippen molar-refractivity contribution in [2.24, 2.45) is 0 Å². The standard InChI is InChI=1S/C22H23N3O5S/c1-14-3-5-16(6-4-14)25-10-9-24(13-15(25)2)31(29,30)17-7-8-20-18(11-17)21(26)19(12-23-20)22(27)28/h3-8,11-12,15H,9-10,13H2,1-2H3,(H,23,26)(H,27,28)/t15-/m0/s1. The van der Waals surface area contributed by atoms with Crippen LogP contribution in [0.4, 0.5) is 5.69 Å². The van der Waals surface area contributed by atoms with E-state index in [1.165, 1.54) is 22.5 Å². The third-order valence-corrected chi connectivity index (χ3v) is 7.54. The van der Waals surface area contributed by atoms with Gasteiger partial charge in [0.15, 0.2) is 0 Å². The minimum Gasteiger partial charge on any atom is -0.477 e. The smallest absolute Gasteiger partial charge is 0.341 e. The number of H-pyrrole nitrogens is 1. The predicted octanol–water partition coefficient (Wildman–Crippen LogP) is 2.43. The van der Waals surface area contributed by atoms with Crippen molar-refractivity contribution in [1.82, 2.24) is 9.29 Å². The molecule has 2 N–H and O–H groups in total. The zero-order chi connectivity index (χ0) is 22.3. The molecular weight excluding hydrogens is 418 g/mol. The maximum absolute atomic E-state index is 13.3. The summed E-state index contributed by atoms with van der Waals surface area (Å²) in [7, 11) is -3.84. The van der Waals surface area contributed by atoms with E-state index < -0.39 is 27.0 Å². The van der Waals surface area contributed by atoms with Crippen LogP contribution >= 0.6 is 0 Å². The fourth-order valence-electron chi connectivity index (χ4n) is 3.93. The molecule has 0 radical (unpaired) electrons. The predicted molar refractivity (Wildman–Crippen MR) is 118 cm³/mol. The molecule has 0 aliphatic carbocycles. The number of piperazine rings is 1. The number of carbonyl (C=O) groups is 1. The number of benzene rings is 2. The highest BCUT2D eigenvalue weighted by Crippen LogP contribution is 2.26. The number of nitrogens with zero attached hydrogens (tertiary/aromatic N) is 2. The molecule has 0 unspecified atom stereocenters. The molecule has 31 heavy (non-hydrogen) atoms. The number of rotatable bonds is 4. The van der Waals surface area contributed by atoms with Gasteiger partial charge in [-0.2, -0.15) is 4.31 Å². The van der Waals surface area contributed by atoms with Gasteiger partial charge in [0, 0.05) is 48.5 Å². The lowest BCUT2D eigenvalue weighted by atomic mass is 10.1. The molecule has 0 amide bonds. The Morgan fingerprint density at radius 2 is 1.84 bits per heavy atom. The van der Waals surface area contributed by atoms with E-state index in [0.29, 0.717) is 25.2 Å². The number of hydrogen-bond acceptors (Lipinski definition) is 5. The lowest BCUT2D eigenvalue weighted by Gasteiger charge is -2.40. The zero-order valence-corrected chi connectivity index (χ0v) is 18.0. The average molecular weight is 442 g/mol. The molecule has 0 spiro atoms. The second-order valence-electron chi connectivity index (χ2n) is 7.79. The molecular formula is C22H23N3O5S. The highest BCUT2D eigenvalue weighted by atomic mass is 32.2. The first kappa shape index (κ1) is 21.1. The van der Waals surface area contributed by atoms with E-state index in [2.05, 4.69) is 9.88 Å². The van der Waals surface area contributed by atoms with E-state index in [4.69, 9.17) is 0 Å². The van der Waals surface area contributed by atoms with Gasteiger partial charge in [-0.15, -0.1) is 0 Å². The Bertz CT molecular complexity index is 1320. The number of carboxylic acid groups (broad SMARTS) is 1. The van der Waals surface area contributed by atoms with Gasteiger partial charge in [-0.05, 0) is 44.2 Å². The van der Waals surface area contributed by atoms with Crippen LogP contribution in [0, 0.1) is 6.92 Å². The minimum atomic E-state index is -3.84. The number of aromatic carboxylic acids is 1. The highest BCUT2D eigenvalue weighted by Gasteiger charge is 2.32. The molecule has 8 nitrogen and oxygen atoms in total. The lowest BCUT2D eigenvalue weighted by molar-refractivity contribution is 0.0695. The summed E-state index contributed by atoms with van der Waals surface area (Å²) < 4.78 is 28.0. The van der Waals surface area contributed by atoms with Gasteiger partial charge in [0.25, 0.3) is 0 Å².